The van der Waals surface area contributed by atoms with Gasteiger partial charge in [0.2, 0.25) is 22.7 Å². The SMILES string of the molecule is Cc1ccccc1NC(=O)CCN(Cc1ccc2c(c1)OCO2)S(C)(=O)=O. The molecule has 1 aliphatic heterocycles. The molecule has 1 aliphatic rings. The molecule has 8 heteroatoms. The Kier molecular flexibility index (Phi) is 5.67. The number of anilines is 1. The first-order valence-electron chi connectivity index (χ1n) is 8.52. The summed E-state index contributed by atoms with van der Waals surface area (Å²) in [5, 5.41) is 2.82. The largest absolute Gasteiger partial charge is 0.454 e. The van der Waals surface area contributed by atoms with E-state index in [4.69, 9.17) is 9.47 Å². The van der Waals surface area contributed by atoms with Crippen molar-refractivity contribution in [1.82, 2.24) is 4.31 Å². The fourth-order valence-electron chi connectivity index (χ4n) is 2.76. The van der Waals surface area contributed by atoms with Crippen LogP contribution in [0.2, 0.25) is 0 Å². The predicted octanol–water partition coefficient (Wildman–Crippen LogP) is 2.51. The van der Waals surface area contributed by atoms with Crippen LogP contribution in [0.3, 0.4) is 0 Å². The number of carbonyl (C=O) groups is 1. The van der Waals surface area contributed by atoms with Crippen LogP contribution in [0.25, 0.3) is 0 Å². The first-order valence-corrected chi connectivity index (χ1v) is 10.4. The number of hydrogen-bond donors (Lipinski definition) is 1. The van der Waals surface area contributed by atoms with Crippen LogP contribution in [0.15, 0.2) is 42.5 Å². The van der Waals surface area contributed by atoms with Crippen molar-refractivity contribution in [3.05, 3.63) is 53.6 Å². The van der Waals surface area contributed by atoms with Gasteiger partial charge in [0.25, 0.3) is 0 Å². The van der Waals surface area contributed by atoms with Crippen molar-refractivity contribution < 1.29 is 22.7 Å². The van der Waals surface area contributed by atoms with Gasteiger partial charge in [-0.05, 0) is 36.2 Å². The van der Waals surface area contributed by atoms with Crippen LogP contribution in [0, 0.1) is 6.92 Å². The van der Waals surface area contributed by atoms with Crippen molar-refractivity contribution in [1.29, 1.82) is 0 Å². The summed E-state index contributed by atoms with van der Waals surface area (Å²) in [6.07, 6.45) is 1.20. The molecule has 144 valence electrons. The van der Waals surface area contributed by atoms with Gasteiger partial charge in [-0.2, -0.15) is 4.31 Å². The van der Waals surface area contributed by atoms with Crippen LogP contribution in [-0.4, -0.2) is 38.2 Å². The van der Waals surface area contributed by atoms with E-state index in [2.05, 4.69) is 5.32 Å². The molecule has 0 bridgehead atoms. The van der Waals surface area contributed by atoms with E-state index in [0.29, 0.717) is 11.5 Å². The van der Waals surface area contributed by atoms with Gasteiger partial charge in [-0.25, -0.2) is 8.42 Å². The maximum absolute atomic E-state index is 12.2. The number of nitrogens with zero attached hydrogens (tertiary/aromatic N) is 1. The average molecular weight is 390 g/mol. The number of carbonyl (C=O) groups excluding carboxylic acids is 1. The number of rotatable bonds is 7. The molecule has 0 unspecified atom stereocenters. The Hall–Kier alpha value is -2.58. The molecule has 2 aromatic carbocycles. The number of nitrogens with one attached hydrogen (secondary N) is 1. The quantitative estimate of drug-likeness (QED) is 0.785. The monoisotopic (exact) mass is 390 g/mol. The molecular formula is C19H22N2O5S. The predicted molar refractivity (Wildman–Crippen MR) is 102 cm³/mol. The number of para-hydroxylation sites is 1. The summed E-state index contributed by atoms with van der Waals surface area (Å²) in [7, 11) is -3.47. The lowest BCUT2D eigenvalue weighted by molar-refractivity contribution is -0.116. The van der Waals surface area contributed by atoms with Gasteiger partial charge in [0, 0.05) is 25.2 Å². The normalized spacial score (nSPS) is 13.0. The summed E-state index contributed by atoms with van der Waals surface area (Å²) in [5.41, 5.74) is 2.44. The summed E-state index contributed by atoms with van der Waals surface area (Å²) in [6, 6.07) is 12.7. The summed E-state index contributed by atoms with van der Waals surface area (Å²) in [4.78, 5) is 12.2. The smallest absolute Gasteiger partial charge is 0.231 e. The molecule has 0 fully saturated rings. The molecule has 0 saturated carbocycles. The number of ether oxygens (including phenoxy) is 2. The lowest BCUT2D eigenvalue weighted by Gasteiger charge is -2.20. The van der Waals surface area contributed by atoms with E-state index in [1.54, 1.807) is 18.2 Å². The highest BCUT2D eigenvalue weighted by Crippen LogP contribution is 2.33. The Labute approximate surface area is 158 Å². The highest BCUT2D eigenvalue weighted by molar-refractivity contribution is 7.88. The van der Waals surface area contributed by atoms with Crippen molar-refractivity contribution in [3.8, 4) is 11.5 Å². The van der Waals surface area contributed by atoms with Gasteiger partial charge in [0.15, 0.2) is 11.5 Å². The Morgan fingerprint density at radius 2 is 1.89 bits per heavy atom. The average Bonchev–Trinajstić information content (AvgIpc) is 3.07. The van der Waals surface area contributed by atoms with Crippen LogP contribution in [0.1, 0.15) is 17.5 Å². The third-order valence-corrected chi connectivity index (χ3v) is 5.52. The van der Waals surface area contributed by atoms with Crippen LogP contribution < -0.4 is 14.8 Å². The molecule has 3 rings (SSSR count). The summed E-state index contributed by atoms with van der Waals surface area (Å²) in [6.45, 7) is 2.31. The van der Waals surface area contributed by atoms with Gasteiger partial charge in [-0.1, -0.05) is 24.3 Å². The van der Waals surface area contributed by atoms with Crippen LogP contribution in [-0.2, 0) is 21.4 Å². The molecule has 2 aromatic rings. The second kappa shape index (κ2) is 7.98. The molecule has 0 atom stereocenters. The van der Waals surface area contributed by atoms with E-state index in [1.165, 1.54) is 4.31 Å². The summed E-state index contributed by atoms with van der Waals surface area (Å²) in [5.74, 6) is 1.00. The van der Waals surface area contributed by atoms with Crippen molar-refractivity contribution in [3.63, 3.8) is 0 Å². The standard InChI is InChI=1S/C19H22N2O5S/c1-14-5-3-4-6-16(14)20-19(22)9-10-21(27(2,23)24)12-15-7-8-17-18(11-15)26-13-25-17/h3-8,11H,9-10,12-13H2,1-2H3,(H,20,22). The van der Waals surface area contributed by atoms with Crippen LogP contribution in [0.5, 0.6) is 11.5 Å². The maximum Gasteiger partial charge on any atom is 0.231 e. The number of aryl methyl sites for hydroxylation is 1. The summed E-state index contributed by atoms with van der Waals surface area (Å²) >= 11 is 0. The third-order valence-electron chi connectivity index (χ3n) is 4.27. The van der Waals surface area contributed by atoms with E-state index >= 15 is 0 Å². The van der Waals surface area contributed by atoms with E-state index < -0.39 is 10.0 Å². The minimum Gasteiger partial charge on any atom is -0.454 e. The Bertz CT molecular complexity index is 943. The number of amides is 1. The van der Waals surface area contributed by atoms with Gasteiger partial charge in [0.05, 0.1) is 6.26 Å². The van der Waals surface area contributed by atoms with Crippen molar-refractivity contribution in [2.45, 2.75) is 19.9 Å². The molecule has 27 heavy (non-hydrogen) atoms. The van der Waals surface area contributed by atoms with E-state index in [-0.39, 0.29) is 32.2 Å². The molecule has 0 saturated heterocycles. The van der Waals surface area contributed by atoms with Crippen molar-refractivity contribution in [2.75, 3.05) is 24.9 Å². The maximum atomic E-state index is 12.2. The fraction of sp³-hybridized carbons (Fsp3) is 0.316. The lowest BCUT2D eigenvalue weighted by atomic mass is 10.2. The highest BCUT2D eigenvalue weighted by atomic mass is 32.2. The van der Waals surface area contributed by atoms with E-state index in [9.17, 15) is 13.2 Å². The first kappa shape index (κ1) is 19.2. The van der Waals surface area contributed by atoms with Gasteiger partial charge in [-0.15, -0.1) is 0 Å². The molecule has 0 aromatic heterocycles. The zero-order valence-electron chi connectivity index (χ0n) is 15.3. The Morgan fingerprint density at radius 3 is 2.63 bits per heavy atom. The molecule has 0 spiro atoms. The Balaban J connectivity index is 1.64. The van der Waals surface area contributed by atoms with Gasteiger partial charge < -0.3 is 14.8 Å². The van der Waals surface area contributed by atoms with Crippen molar-refractivity contribution in [2.24, 2.45) is 0 Å². The molecule has 1 amide bonds. The van der Waals surface area contributed by atoms with Gasteiger partial charge in [-0.3, -0.25) is 4.79 Å². The highest BCUT2D eigenvalue weighted by Gasteiger charge is 2.20. The van der Waals surface area contributed by atoms with E-state index in [1.807, 2.05) is 31.2 Å². The van der Waals surface area contributed by atoms with Crippen LogP contribution in [0.4, 0.5) is 5.69 Å². The Morgan fingerprint density at radius 1 is 1.15 bits per heavy atom. The zero-order valence-corrected chi connectivity index (χ0v) is 16.1. The van der Waals surface area contributed by atoms with Gasteiger partial charge >= 0.3 is 0 Å². The molecular weight excluding hydrogens is 368 g/mol. The molecule has 0 radical (unpaired) electrons. The first-order chi connectivity index (χ1) is 12.8. The van der Waals surface area contributed by atoms with E-state index in [0.717, 1.165) is 23.1 Å². The number of sulfonamides is 1. The number of hydrogen-bond acceptors (Lipinski definition) is 5. The molecule has 1 N–H and O–H groups in total. The fourth-order valence-corrected chi connectivity index (χ4v) is 3.56. The second-order valence-corrected chi connectivity index (χ2v) is 8.38. The minimum absolute atomic E-state index is 0.0615. The third kappa shape index (κ3) is 4.99. The molecule has 7 nitrogen and oxygen atoms in total. The molecule has 0 aliphatic carbocycles. The summed E-state index contributed by atoms with van der Waals surface area (Å²) < 4.78 is 36.1. The van der Waals surface area contributed by atoms with Gasteiger partial charge in [0.1, 0.15) is 0 Å². The lowest BCUT2D eigenvalue weighted by Crippen LogP contribution is -2.32. The number of fused-ring (bicyclic) bond motifs is 1. The van der Waals surface area contributed by atoms with Crippen LogP contribution >= 0.6 is 0 Å². The number of benzene rings is 2. The molecule has 1 heterocycles. The van der Waals surface area contributed by atoms with Crippen molar-refractivity contribution >= 4 is 21.6 Å². The minimum atomic E-state index is -3.47. The second-order valence-electron chi connectivity index (χ2n) is 6.40. The zero-order chi connectivity index (χ0) is 19.4. The topological polar surface area (TPSA) is 84.9 Å².